The number of carboxylic acid groups (broad SMARTS) is 1. The monoisotopic (exact) mass is 653 g/mol. The highest BCUT2D eigenvalue weighted by Gasteiger charge is 2.44. The van der Waals surface area contributed by atoms with Gasteiger partial charge in [-0.1, -0.05) is 18.2 Å². The number of Topliss-reactive ketones (excluding diaryl/α,β-unsaturated/α-hetero) is 2. The smallest absolute Gasteiger partial charge is 0.335 e. The van der Waals surface area contributed by atoms with Gasteiger partial charge in [0.1, 0.15) is 23.9 Å². The van der Waals surface area contributed by atoms with Crippen LogP contribution in [0.1, 0.15) is 76.4 Å². The maximum atomic E-state index is 13.9. The highest BCUT2D eigenvalue weighted by molar-refractivity contribution is 9.10. The number of carboxylic acids is 1. The minimum atomic E-state index is -0.980. The normalized spacial score (nSPS) is 21.5. The molecule has 2 aromatic carbocycles. The fourth-order valence-corrected chi connectivity index (χ4v) is 7.11. The molecule has 2 aliphatic carbocycles. The van der Waals surface area contributed by atoms with Crippen LogP contribution in [-0.4, -0.2) is 22.6 Å². The number of ether oxygens (including phenoxy) is 1. The summed E-state index contributed by atoms with van der Waals surface area (Å²) < 4.78 is 18.1. The number of hydrogen-bond donors (Lipinski definition) is 2. The Morgan fingerprint density at radius 3 is 1.93 bits per heavy atom. The van der Waals surface area contributed by atoms with Crippen molar-refractivity contribution < 1.29 is 33.1 Å². The summed E-state index contributed by atoms with van der Waals surface area (Å²) in [5.41, 5.74) is 4.80. The first-order chi connectivity index (χ1) is 21.4. The SMILES string of the molecule is O=C1CC(c2ccco2)CC2=C1C(c1ccc(OCc3ccc(C(=O)O)cc3)c(Br)c1)C1=C(CC(c3ccco3)CC1=O)N2. The number of carbonyl (C=O) groups excluding carboxylic acids is 2. The number of aromatic carboxylic acids is 1. The van der Waals surface area contributed by atoms with Crippen LogP contribution in [0, 0.1) is 0 Å². The van der Waals surface area contributed by atoms with Crippen LogP contribution < -0.4 is 10.1 Å². The van der Waals surface area contributed by atoms with Crippen molar-refractivity contribution in [1.82, 2.24) is 5.32 Å². The van der Waals surface area contributed by atoms with Gasteiger partial charge in [-0.3, -0.25) is 9.59 Å². The largest absolute Gasteiger partial charge is 0.488 e. The minimum absolute atomic E-state index is 0.00100. The zero-order valence-electron chi connectivity index (χ0n) is 23.5. The summed E-state index contributed by atoms with van der Waals surface area (Å²) in [7, 11) is 0. The Morgan fingerprint density at radius 1 is 0.841 bits per heavy atom. The molecule has 2 N–H and O–H groups in total. The second-order valence-electron chi connectivity index (χ2n) is 11.4. The molecule has 0 saturated carbocycles. The van der Waals surface area contributed by atoms with Crippen LogP contribution in [0.4, 0.5) is 0 Å². The van der Waals surface area contributed by atoms with Gasteiger partial charge >= 0.3 is 5.97 Å². The first kappa shape index (κ1) is 28.2. The molecule has 9 heteroatoms. The molecule has 44 heavy (non-hydrogen) atoms. The lowest BCUT2D eigenvalue weighted by molar-refractivity contribution is -0.117. The maximum absolute atomic E-state index is 13.9. The molecule has 7 rings (SSSR count). The molecular formula is C35H28BrNO7. The Morgan fingerprint density at radius 2 is 1.43 bits per heavy atom. The fraction of sp³-hybridized carbons (Fsp3) is 0.229. The summed E-state index contributed by atoms with van der Waals surface area (Å²) in [6.07, 6.45) is 5.07. The van der Waals surface area contributed by atoms with E-state index in [1.807, 2.05) is 42.5 Å². The van der Waals surface area contributed by atoms with Gasteiger partial charge in [-0.2, -0.15) is 0 Å². The number of rotatable bonds is 7. The number of furan rings is 2. The van der Waals surface area contributed by atoms with Crippen LogP contribution in [0.2, 0.25) is 0 Å². The van der Waals surface area contributed by atoms with E-state index in [0.29, 0.717) is 47.1 Å². The van der Waals surface area contributed by atoms with Crippen molar-refractivity contribution in [1.29, 1.82) is 0 Å². The molecule has 0 bridgehead atoms. The van der Waals surface area contributed by atoms with E-state index in [1.165, 1.54) is 0 Å². The Hall–Kier alpha value is -4.63. The Labute approximate surface area is 261 Å². The van der Waals surface area contributed by atoms with E-state index >= 15 is 0 Å². The predicted molar refractivity (Wildman–Crippen MR) is 163 cm³/mol. The van der Waals surface area contributed by atoms with Crippen LogP contribution in [-0.2, 0) is 16.2 Å². The lowest BCUT2D eigenvalue weighted by Crippen LogP contribution is -2.38. The quantitative estimate of drug-likeness (QED) is 0.212. The van der Waals surface area contributed by atoms with E-state index in [2.05, 4.69) is 21.2 Å². The number of ketones is 2. The fourth-order valence-electron chi connectivity index (χ4n) is 6.60. The summed E-state index contributed by atoms with van der Waals surface area (Å²) in [4.78, 5) is 38.9. The second kappa shape index (κ2) is 11.5. The molecule has 1 aliphatic heterocycles. The van der Waals surface area contributed by atoms with Crippen molar-refractivity contribution >= 4 is 33.5 Å². The topological polar surface area (TPSA) is 119 Å². The number of allylic oxidation sites excluding steroid dienone is 4. The van der Waals surface area contributed by atoms with Crippen molar-refractivity contribution in [2.75, 3.05) is 0 Å². The third kappa shape index (κ3) is 5.21. The van der Waals surface area contributed by atoms with Gasteiger partial charge in [0.05, 0.1) is 22.6 Å². The molecule has 0 amide bonds. The molecule has 2 aromatic heterocycles. The number of dihydropyridines is 1. The maximum Gasteiger partial charge on any atom is 0.335 e. The van der Waals surface area contributed by atoms with Crippen molar-refractivity contribution in [2.45, 2.75) is 50.0 Å². The molecule has 0 spiro atoms. The lowest BCUT2D eigenvalue weighted by atomic mass is 9.68. The molecule has 0 saturated heterocycles. The Bertz CT molecular complexity index is 1740. The average molecular weight is 655 g/mol. The molecule has 3 aliphatic rings. The summed E-state index contributed by atoms with van der Waals surface area (Å²) in [5.74, 6) is 0.483. The minimum Gasteiger partial charge on any atom is -0.488 e. The van der Waals surface area contributed by atoms with E-state index < -0.39 is 11.9 Å². The summed E-state index contributed by atoms with van der Waals surface area (Å²) >= 11 is 3.65. The van der Waals surface area contributed by atoms with Crippen LogP contribution in [0.15, 0.2) is 115 Å². The zero-order chi connectivity index (χ0) is 30.4. The van der Waals surface area contributed by atoms with E-state index in [1.54, 1.807) is 36.8 Å². The van der Waals surface area contributed by atoms with Gasteiger partial charge in [0.2, 0.25) is 0 Å². The average Bonchev–Trinajstić information content (AvgIpc) is 3.75. The van der Waals surface area contributed by atoms with Gasteiger partial charge in [-0.25, -0.2) is 4.79 Å². The molecule has 8 nitrogen and oxygen atoms in total. The van der Waals surface area contributed by atoms with Gasteiger partial charge in [0, 0.05) is 53.1 Å². The third-order valence-electron chi connectivity index (χ3n) is 8.67. The van der Waals surface area contributed by atoms with E-state index in [9.17, 15) is 14.4 Å². The second-order valence-corrected chi connectivity index (χ2v) is 12.3. The molecule has 0 radical (unpaired) electrons. The summed E-state index contributed by atoms with van der Waals surface area (Å²) in [6, 6.07) is 19.7. The van der Waals surface area contributed by atoms with Crippen LogP contribution >= 0.6 is 15.9 Å². The standard InChI is InChI=1S/C35H28BrNO7/c36-24-13-21(9-10-31(24)44-18-19-5-7-20(8-6-19)35(40)41)32-33-25(14-22(16-27(33)38)29-3-1-11-42-29)37-26-15-23(17-28(39)34(26)32)30-4-2-12-43-30/h1-13,22-23,32,37H,14-18H2,(H,40,41). The van der Waals surface area contributed by atoms with Crippen molar-refractivity contribution in [3.63, 3.8) is 0 Å². The van der Waals surface area contributed by atoms with Gasteiger partial charge in [-0.05, 0) is 88.4 Å². The predicted octanol–water partition coefficient (Wildman–Crippen LogP) is 7.40. The zero-order valence-corrected chi connectivity index (χ0v) is 25.1. The first-order valence-electron chi connectivity index (χ1n) is 14.5. The van der Waals surface area contributed by atoms with Crippen LogP contribution in [0.25, 0.3) is 0 Å². The van der Waals surface area contributed by atoms with Gasteiger partial charge < -0.3 is 24.0 Å². The Balaban J connectivity index is 1.22. The Kier molecular flexibility index (Phi) is 7.34. The van der Waals surface area contributed by atoms with Gasteiger partial charge in [0.25, 0.3) is 0 Å². The molecule has 3 heterocycles. The van der Waals surface area contributed by atoms with Crippen molar-refractivity contribution in [2.24, 2.45) is 0 Å². The number of nitrogens with one attached hydrogen (secondary N) is 1. The highest BCUT2D eigenvalue weighted by Crippen LogP contribution is 2.50. The number of hydrogen-bond acceptors (Lipinski definition) is 7. The summed E-state index contributed by atoms with van der Waals surface area (Å²) in [6.45, 7) is 0.245. The van der Waals surface area contributed by atoms with E-state index in [0.717, 1.165) is 34.0 Å². The number of benzene rings is 2. The molecule has 2 unspecified atom stereocenters. The highest BCUT2D eigenvalue weighted by atomic mass is 79.9. The molecule has 222 valence electrons. The van der Waals surface area contributed by atoms with Crippen molar-refractivity contribution in [3.05, 3.63) is 134 Å². The number of carbonyl (C=O) groups is 3. The van der Waals surface area contributed by atoms with Crippen LogP contribution in [0.3, 0.4) is 0 Å². The number of halogens is 1. The van der Waals surface area contributed by atoms with E-state index in [-0.39, 0.29) is 35.6 Å². The van der Waals surface area contributed by atoms with Gasteiger partial charge in [-0.15, -0.1) is 0 Å². The molecule has 2 atom stereocenters. The molecular weight excluding hydrogens is 626 g/mol. The lowest BCUT2D eigenvalue weighted by Gasteiger charge is -2.40. The van der Waals surface area contributed by atoms with E-state index in [4.69, 9.17) is 18.7 Å². The van der Waals surface area contributed by atoms with Gasteiger partial charge in [0.15, 0.2) is 11.6 Å². The van der Waals surface area contributed by atoms with Crippen LogP contribution in [0.5, 0.6) is 5.75 Å². The summed E-state index contributed by atoms with van der Waals surface area (Å²) in [5, 5.41) is 12.7. The molecule has 0 fully saturated rings. The third-order valence-corrected chi connectivity index (χ3v) is 9.29. The molecule has 4 aromatic rings. The first-order valence-corrected chi connectivity index (χ1v) is 15.3. The van der Waals surface area contributed by atoms with Crippen molar-refractivity contribution in [3.8, 4) is 5.75 Å².